The summed E-state index contributed by atoms with van der Waals surface area (Å²) in [7, 11) is -3.19. The van der Waals surface area contributed by atoms with Crippen LogP contribution in [0.25, 0.3) is 16.3 Å². The Morgan fingerprint density at radius 1 is 1.11 bits per heavy atom. The Bertz CT molecular complexity index is 1310. The van der Waals surface area contributed by atoms with Crippen LogP contribution in [0.3, 0.4) is 0 Å². The van der Waals surface area contributed by atoms with Gasteiger partial charge in [0.05, 0.1) is 17.0 Å². The summed E-state index contributed by atoms with van der Waals surface area (Å²) in [5.41, 5.74) is 0.818. The predicted octanol–water partition coefficient (Wildman–Crippen LogP) is 4.89. The standard InChI is InChI=1S/C24H19N2OP/c1-3-10-21(11-4-2)28(27,22-14-6-5-7-15-22)24-17-25-26-18-20-13-9-8-12-19(20)16-23(24)26/h1,4-18H,2H3/b11-4-,21-10+. The highest BCUT2D eigenvalue weighted by Gasteiger charge is 2.33. The van der Waals surface area contributed by atoms with E-state index in [-0.39, 0.29) is 0 Å². The van der Waals surface area contributed by atoms with Crippen LogP contribution in [0.5, 0.6) is 0 Å². The van der Waals surface area contributed by atoms with Crippen molar-refractivity contribution >= 4 is 34.0 Å². The van der Waals surface area contributed by atoms with E-state index in [1.807, 2.05) is 85.9 Å². The number of hydrogen-bond donors (Lipinski definition) is 0. The minimum absolute atomic E-state index is 0.617. The van der Waals surface area contributed by atoms with Gasteiger partial charge in [0.25, 0.3) is 0 Å². The van der Waals surface area contributed by atoms with E-state index in [0.29, 0.717) is 10.6 Å². The monoisotopic (exact) mass is 382 g/mol. The highest BCUT2D eigenvalue weighted by atomic mass is 31.2. The molecule has 2 aromatic heterocycles. The Kier molecular flexibility index (Phi) is 4.74. The van der Waals surface area contributed by atoms with Crippen molar-refractivity contribution < 1.29 is 4.57 Å². The van der Waals surface area contributed by atoms with Crippen LogP contribution in [0.15, 0.2) is 96.6 Å². The van der Waals surface area contributed by atoms with E-state index in [0.717, 1.165) is 21.6 Å². The molecule has 0 amide bonds. The van der Waals surface area contributed by atoms with Crippen molar-refractivity contribution in [3.05, 3.63) is 96.6 Å². The van der Waals surface area contributed by atoms with Crippen LogP contribution in [0.4, 0.5) is 0 Å². The molecule has 0 N–H and O–H groups in total. The molecule has 1 unspecified atom stereocenters. The maximum atomic E-state index is 14.6. The van der Waals surface area contributed by atoms with Crippen LogP contribution in [0.2, 0.25) is 0 Å². The predicted molar refractivity (Wildman–Crippen MR) is 118 cm³/mol. The third-order valence-corrected chi connectivity index (χ3v) is 7.81. The van der Waals surface area contributed by atoms with E-state index in [9.17, 15) is 4.57 Å². The molecule has 136 valence electrons. The number of aromatic nitrogens is 2. The summed E-state index contributed by atoms with van der Waals surface area (Å²) in [6.07, 6.45) is 14.5. The number of nitrogens with zero attached hydrogens (tertiary/aromatic N) is 2. The van der Waals surface area contributed by atoms with Gasteiger partial charge in [-0.3, -0.25) is 0 Å². The molecule has 2 heterocycles. The Labute approximate surface area is 164 Å². The number of fused-ring (bicyclic) bond motifs is 2. The summed E-state index contributed by atoms with van der Waals surface area (Å²) < 4.78 is 16.4. The zero-order valence-corrected chi connectivity index (χ0v) is 16.4. The van der Waals surface area contributed by atoms with Gasteiger partial charge < -0.3 is 4.57 Å². The quantitative estimate of drug-likeness (QED) is 0.286. The molecule has 4 rings (SSSR count). The lowest BCUT2D eigenvalue weighted by molar-refractivity contribution is 0.591. The van der Waals surface area contributed by atoms with Gasteiger partial charge in [0.15, 0.2) is 7.14 Å². The van der Waals surface area contributed by atoms with Crippen LogP contribution in [-0.2, 0) is 4.57 Å². The largest absolute Gasteiger partial charge is 0.308 e. The number of terminal acetylenes is 1. The fourth-order valence-electron chi connectivity index (χ4n) is 3.45. The number of rotatable bonds is 4. The first kappa shape index (κ1) is 18.0. The molecule has 1 atom stereocenters. The molecule has 3 nitrogen and oxygen atoms in total. The Morgan fingerprint density at radius 3 is 2.54 bits per heavy atom. The fraction of sp³-hybridized carbons (Fsp3) is 0.0417. The van der Waals surface area contributed by atoms with Gasteiger partial charge in [-0.15, -0.1) is 6.42 Å². The molecule has 2 aromatic carbocycles. The first-order valence-electron chi connectivity index (χ1n) is 9.00. The minimum Gasteiger partial charge on any atom is -0.308 e. The van der Waals surface area contributed by atoms with Crippen LogP contribution < -0.4 is 10.6 Å². The normalized spacial score (nSPS) is 14.4. The Hall–Kier alpha value is -3.34. The molecule has 4 heteroatoms. The highest BCUT2D eigenvalue weighted by molar-refractivity contribution is 7.83. The van der Waals surface area contributed by atoms with E-state index in [1.165, 1.54) is 0 Å². The van der Waals surface area contributed by atoms with Gasteiger partial charge in [-0.05, 0) is 24.5 Å². The van der Waals surface area contributed by atoms with Crippen LogP contribution >= 0.6 is 7.14 Å². The topological polar surface area (TPSA) is 34.4 Å². The molecular weight excluding hydrogens is 363 g/mol. The van der Waals surface area contributed by atoms with Gasteiger partial charge in [-0.1, -0.05) is 72.7 Å². The average molecular weight is 382 g/mol. The molecule has 0 aliphatic carbocycles. The van der Waals surface area contributed by atoms with E-state index in [4.69, 9.17) is 6.42 Å². The summed E-state index contributed by atoms with van der Waals surface area (Å²) in [6, 6.07) is 19.6. The maximum Gasteiger partial charge on any atom is 0.175 e. The number of allylic oxidation sites excluding steroid dienone is 4. The first-order valence-corrected chi connectivity index (χ1v) is 10.7. The molecular formula is C24H19N2OP. The second-order valence-corrected chi connectivity index (χ2v) is 9.18. The van der Waals surface area contributed by atoms with Crippen molar-refractivity contribution in [2.24, 2.45) is 0 Å². The van der Waals surface area contributed by atoms with Crippen LogP contribution in [-0.4, -0.2) is 9.61 Å². The summed E-state index contributed by atoms with van der Waals surface area (Å²) >= 11 is 0. The first-order chi connectivity index (χ1) is 13.7. The fourth-order valence-corrected chi connectivity index (χ4v) is 6.22. The van der Waals surface area contributed by atoms with Gasteiger partial charge in [0.2, 0.25) is 0 Å². The Balaban J connectivity index is 2.08. The van der Waals surface area contributed by atoms with Gasteiger partial charge in [-0.2, -0.15) is 5.10 Å². The highest BCUT2D eigenvalue weighted by Crippen LogP contribution is 2.53. The van der Waals surface area contributed by atoms with Crippen LogP contribution in [0, 0.1) is 12.3 Å². The van der Waals surface area contributed by atoms with Crippen molar-refractivity contribution in [2.75, 3.05) is 0 Å². The molecule has 0 aliphatic heterocycles. The lowest BCUT2D eigenvalue weighted by atomic mass is 10.2. The maximum absolute atomic E-state index is 14.6. The van der Waals surface area contributed by atoms with Crippen LogP contribution in [0.1, 0.15) is 6.92 Å². The van der Waals surface area contributed by atoms with E-state index >= 15 is 0 Å². The molecule has 4 aromatic rings. The van der Waals surface area contributed by atoms with Crippen molar-refractivity contribution in [1.82, 2.24) is 9.61 Å². The summed E-state index contributed by atoms with van der Waals surface area (Å²) in [5, 5.41) is 8.69. The van der Waals surface area contributed by atoms with E-state index < -0.39 is 7.14 Å². The minimum atomic E-state index is -3.19. The van der Waals surface area contributed by atoms with Crippen molar-refractivity contribution in [2.45, 2.75) is 6.92 Å². The summed E-state index contributed by atoms with van der Waals surface area (Å²) in [5.74, 6) is 2.55. The van der Waals surface area contributed by atoms with E-state index in [1.54, 1.807) is 16.8 Å². The summed E-state index contributed by atoms with van der Waals surface area (Å²) in [6.45, 7) is 1.89. The van der Waals surface area contributed by atoms with Gasteiger partial charge in [0, 0.05) is 22.2 Å². The molecule has 28 heavy (non-hydrogen) atoms. The van der Waals surface area contributed by atoms with Crippen molar-refractivity contribution in [1.29, 1.82) is 0 Å². The average Bonchev–Trinajstić information content (AvgIpc) is 3.15. The molecule has 0 bridgehead atoms. The third-order valence-electron chi connectivity index (χ3n) is 4.75. The van der Waals surface area contributed by atoms with Gasteiger partial charge in [-0.25, -0.2) is 4.52 Å². The molecule has 0 saturated carbocycles. The van der Waals surface area contributed by atoms with Crippen molar-refractivity contribution in [3.8, 4) is 12.3 Å². The van der Waals surface area contributed by atoms with E-state index in [2.05, 4.69) is 11.0 Å². The smallest absolute Gasteiger partial charge is 0.175 e. The number of hydrogen-bond acceptors (Lipinski definition) is 2. The zero-order valence-electron chi connectivity index (χ0n) is 15.5. The van der Waals surface area contributed by atoms with Gasteiger partial charge in [0.1, 0.15) is 0 Å². The molecule has 0 fully saturated rings. The Morgan fingerprint density at radius 2 is 1.82 bits per heavy atom. The van der Waals surface area contributed by atoms with Crippen molar-refractivity contribution in [3.63, 3.8) is 0 Å². The third kappa shape index (κ3) is 2.89. The second-order valence-electron chi connectivity index (χ2n) is 6.44. The summed E-state index contributed by atoms with van der Waals surface area (Å²) in [4.78, 5) is 0. The number of pyridine rings is 1. The van der Waals surface area contributed by atoms with Gasteiger partial charge >= 0.3 is 0 Å². The molecule has 0 radical (unpaired) electrons. The molecule has 0 saturated heterocycles. The molecule has 0 spiro atoms. The zero-order chi connectivity index (χ0) is 19.6. The SMILES string of the molecule is C#C/C=C(\C=C/C)P(=O)(c1ccccc1)c1cnn2cc3ccccc3cc12. The number of benzene rings is 2. The second kappa shape index (κ2) is 7.35. The lowest BCUT2D eigenvalue weighted by Crippen LogP contribution is -2.17. The lowest BCUT2D eigenvalue weighted by Gasteiger charge is -2.19. The molecule has 0 aliphatic rings.